The van der Waals surface area contributed by atoms with Crippen molar-refractivity contribution in [2.45, 2.75) is 11.8 Å². The van der Waals surface area contributed by atoms with Crippen LogP contribution in [0.15, 0.2) is 46.0 Å². The third-order valence-electron chi connectivity index (χ3n) is 4.19. The Bertz CT molecular complexity index is 1090. The number of rotatable bonds is 5. The number of benzene rings is 2. The molecule has 0 saturated heterocycles. The fourth-order valence-electron chi connectivity index (χ4n) is 3.01. The second-order valence-electron chi connectivity index (χ2n) is 6.01. The number of hydrogen-bond acceptors (Lipinski definition) is 9. The van der Waals surface area contributed by atoms with E-state index in [1.54, 1.807) is 24.3 Å². The summed E-state index contributed by atoms with van der Waals surface area (Å²) in [4.78, 5) is 22.6. The van der Waals surface area contributed by atoms with Crippen molar-refractivity contribution in [2.24, 2.45) is 0 Å². The topological polar surface area (TPSA) is 117 Å². The van der Waals surface area contributed by atoms with Crippen LogP contribution >= 0.6 is 18.2 Å². The van der Waals surface area contributed by atoms with Crippen molar-refractivity contribution in [1.82, 2.24) is 5.16 Å². The lowest BCUT2D eigenvalue weighted by Crippen LogP contribution is -2.09. The fourth-order valence-corrected chi connectivity index (χ4v) is 4.82. The Morgan fingerprint density at radius 3 is 2.75 bits per heavy atom. The molecule has 0 radical (unpaired) electrons. The first-order valence-corrected chi connectivity index (χ1v) is 11.1. The lowest BCUT2D eigenvalue weighted by atomic mass is 10.00. The molecule has 0 aliphatic carbocycles. The monoisotopic (exact) mass is 419 g/mol. The van der Waals surface area contributed by atoms with Gasteiger partial charge in [-0.1, -0.05) is 22.6 Å². The Labute approximate surface area is 164 Å². The maximum atomic E-state index is 11.2. The van der Waals surface area contributed by atoms with Crippen LogP contribution in [0.2, 0.25) is 0 Å². The van der Waals surface area contributed by atoms with Crippen LogP contribution in [0.3, 0.4) is 0 Å². The predicted octanol–water partition coefficient (Wildman–Crippen LogP) is 2.98. The molecule has 2 heterocycles. The lowest BCUT2D eigenvalue weighted by Gasteiger charge is -2.28. The zero-order valence-electron chi connectivity index (χ0n) is 14.8. The molecule has 28 heavy (non-hydrogen) atoms. The van der Waals surface area contributed by atoms with E-state index in [9.17, 15) is 14.4 Å². The van der Waals surface area contributed by atoms with E-state index >= 15 is 0 Å². The van der Waals surface area contributed by atoms with Gasteiger partial charge < -0.3 is 33.1 Å². The van der Waals surface area contributed by atoms with E-state index < -0.39 is 6.80 Å². The minimum Gasteiger partial charge on any atom is -0.803 e. The highest BCUT2D eigenvalue weighted by atomic mass is 32.7. The van der Waals surface area contributed by atoms with Crippen molar-refractivity contribution < 1.29 is 33.1 Å². The summed E-state index contributed by atoms with van der Waals surface area (Å²) in [6.45, 7) is -2.78. The smallest absolute Gasteiger partial charge is 0.231 e. The van der Waals surface area contributed by atoms with Gasteiger partial charge in [-0.3, -0.25) is 0 Å². The largest absolute Gasteiger partial charge is 0.803 e. The SMILES string of the molecule is COc1ccc(-c2conc2-c2cc(C)c3c(c2)OCO3)cc1SP(=O)([O-])[O-]. The minimum atomic E-state index is -4.84. The summed E-state index contributed by atoms with van der Waals surface area (Å²) in [7, 11) is 1.40. The molecule has 10 heteroatoms. The van der Waals surface area contributed by atoms with Gasteiger partial charge in [0.25, 0.3) is 0 Å². The van der Waals surface area contributed by atoms with E-state index in [0.717, 1.165) is 11.1 Å². The zero-order valence-corrected chi connectivity index (χ0v) is 16.5. The van der Waals surface area contributed by atoms with Gasteiger partial charge in [-0.15, -0.1) is 0 Å². The summed E-state index contributed by atoms with van der Waals surface area (Å²) in [6.07, 6.45) is 1.46. The van der Waals surface area contributed by atoms with E-state index in [0.29, 0.717) is 28.3 Å². The third-order valence-corrected chi connectivity index (χ3v) is 6.19. The molecule has 8 nitrogen and oxygen atoms in total. The minimum absolute atomic E-state index is 0.162. The van der Waals surface area contributed by atoms with Gasteiger partial charge in [0.1, 0.15) is 17.7 Å². The number of aromatic nitrogens is 1. The summed E-state index contributed by atoms with van der Waals surface area (Å²) in [5.41, 5.74) is 3.46. The van der Waals surface area contributed by atoms with Gasteiger partial charge in [0.05, 0.1) is 12.0 Å². The maximum absolute atomic E-state index is 11.2. The summed E-state index contributed by atoms with van der Waals surface area (Å²) in [6, 6.07) is 8.59. The van der Waals surface area contributed by atoms with Crippen molar-refractivity contribution in [3.63, 3.8) is 0 Å². The molecule has 0 saturated carbocycles. The molecule has 0 atom stereocenters. The Morgan fingerprint density at radius 2 is 2.00 bits per heavy atom. The summed E-state index contributed by atoms with van der Waals surface area (Å²) in [5.74, 6) is 1.60. The van der Waals surface area contributed by atoms with Crippen molar-refractivity contribution in [1.29, 1.82) is 0 Å². The van der Waals surface area contributed by atoms with Crippen molar-refractivity contribution >= 4 is 18.2 Å². The average molecular weight is 419 g/mol. The molecular formula is C18H14NO7PS-2. The van der Waals surface area contributed by atoms with Gasteiger partial charge in [0.15, 0.2) is 11.5 Å². The zero-order chi connectivity index (χ0) is 19.9. The summed E-state index contributed by atoms with van der Waals surface area (Å²) >= 11 is 0.216. The second kappa shape index (κ2) is 7.18. The first kappa shape index (κ1) is 18.9. The van der Waals surface area contributed by atoms with Crippen LogP contribution in [0.5, 0.6) is 17.2 Å². The predicted molar refractivity (Wildman–Crippen MR) is 98.3 cm³/mol. The first-order chi connectivity index (χ1) is 13.4. The van der Waals surface area contributed by atoms with Crippen LogP contribution in [0, 0.1) is 6.92 Å². The van der Waals surface area contributed by atoms with Crippen LogP contribution in [0.25, 0.3) is 22.4 Å². The van der Waals surface area contributed by atoms with Crippen LogP contribution in [0.4, 0.5) is 0 Å². The number of methoxy groups -OCH3 is 1. The molecule has 4 rings (SSSR count). The van der Waals surface area contributed by atoms with Gasteiger partial charge in [0.2, 0.25) is 6.79 Å². The van der Waals surface area contributed by atoms with Crippen LogP contribution in [0.1, 0.15) is 5.56 Å². The van der Waals surface area contributed by atoms with Crippen LogP contribution in [-0.2, 0) is 4.57 Å². The molecule has 0 amide bonds. The number of ether oxygens (including phenoxy) is 3. The first-order valence-electron chi connectivity index (χ1n) is 8.11. The van der Waals surface area contributed by atoms with Crippen molar-refractivity contribution in [3.05, 3.63) is 42.2 Å². The van der Waals surface area contributed by atoms with Gasteiger partial charge >= 0.3 is 0 Å². The molecule has 0 fully saturated rings. The van der Waals surface area contributed by atoms with Gasteiger partial charge in [-0.05, 0) is 49.1 Å². The van der Waals surface area contributed by atoms with Crippen molar-refractivity contribution in [3.8, 4) is 39.6 Å². The lowest BCUT2D eigenvalue weighted by molar-refractivity contribution is -0.302. The van der Waals surface area contributed by atoms with Gasteiger partial charge in [-0.2, -0.15) is 0 Å². The highest BCUT2D eigenvalue weighted by Gasteiger charge is 2.21. The number of hydrogen-bond donors (Lipinski definition) is 0. The van der Waals surface area contributed by atoms with Gasteiger partial charge in [0, 0.05) is 11.1 Å². The molecule has 0 N–H and O–H groups in total. The highest BCUT2D eigenvalue weighted by Crippen LogP contribution is 2.51. The standard InChI is InChI=1S/C18H16NO7PS/c1-10-5-12(6-15-18(10)25-9-24-15)17-13(8-26-19-17)11-3-4-14(23-2)16(7-11)28-27(20,21)22/h3-8H,9H2,1-2H3,(H2,20,21,22)/p-2. The Hall–Kier alpha value is -2.45. The molecule has 0 unspecified atom stereocenters. The Kier molecular flexibility index (Phi) is 4.84. The van der Waals surface area contributed by atoms with E-state index in [-0.39, 0.29) is 28.8 Å². The molecule has 2 aromatic carbocycles. The Balaban J connectivity index is 1.79. The van der Waals surface area contributed by atoms with E-state index in [1.807, 2.05) is 13.0 Å². The molecule has 146 valence electrons. The van der Waals surface area contributed by atoms with Crippen LogP contribution < -0.4 is 24.0 Å². The number of fused-ring (bicyclic) bond motifs is 1. The van der Waals surface area contributed by atoms with Crippen molar-refractivity contribution in [2.75, 3.05) is 13.9 Å². The molecule has 1 aromatic heterocycles. The second-order valence-corrected chi connectivity index (χ2v) is 9.41. The quantitative estimate of drug-likeness (QED) is 0.575. The third kappa shape index (κ3) is 3.62. The van der Waals surface area contributed by atoms with Crippen LogP contribution in [-0.4, -0.2) is 19.1 Å². The molecular weight excluding hydrogens is 405 g/mol. The highest BCUT2D eigenvalue weighted by molar-refractivity contribution is 8.53. The fraction of sp³-hybridized carbons (Fsp3) is 0.167. The number of nitrogens with zero attached hydrogens (tertiary/aromatic N) is 1. The average Bonchev–Trinajstić information content (AvgIpc) is 3.29. The molecule has 1 aliphatic heterocycles. The molecule has 1 aliphatic rings. The normalized spacial score (nSPS) is 13.0. The summed E-state index contributed by atoms with van der Waals surface area (Å²) < 4.78 is 32.5. The molecule has 0 bridgehead atoms. The molecule has 3 aromatic rings. The maximum Gasteiger partial charge on any atom is 0.231 e. The van der Waals surface area contributed by atoms with E-state index in [2.05, 4.69) is 5.16 Å². The van der Waals surface area contributed by atoms with Gasteiger partial charge in [-0.25, -0.2) is 0 Å². The Morgan fingerprint density at radius 1 is 1.18 bits per heavy atom. The van der Waals surface area contributed by atoms with E-state index in [1.165, 1.54) is 13.4 Å². The summed E-state index contributed by atoms with van der Waals surface area (Å²) in [5, 5.41) is 4.09. The number of aryl methyl sites for hydroxylation is 1. The van der Waals surface area contributed by atoms with E-state index in [4.69, 9.17) is 18.7 Å². The molecule has 0 spiro atoms.